The Morgan fingerprint density at radius 1 is 1.56 bits per heavy atom. The van der Waals surface area contributed by atoms with Crippen LogP contribution in [0.15, 0.2) is 12.5 Å². The summed E-state index contributed by atoms with van der Waals surface area (Å²) in [5, 5.41) is 10.4. The number of hydrogen-bond donors (Lipinski definition) is 1. The third-order valence-electron chi connectivity index (χ3n) is 3.04. The second kappa shape index (κ2) is 6.54. The second-order valence-corrected chi connectivity index (χ2v) is 4.75. The van der Waals surface area contributed by atoms with Crippen LogP contribution in [0.25, 0.3) is 0 Å². The van der Waals surface area contributed by atoms with E-state index in [1.807, 2.05) is 18.4 Å². The molecule has 0 bridgehead atoms. The molecule has 1 rings (SSSR count). The van der Waals surface area contributed by atoms with Crippen LogP contribution in [-0.2, 0) is 16.1 Å². The number of methoxy groups -OCH3 is 1. The molecule has 1 heterocycles. The van der Waals surface area contributed by atoms with E-state index in [-0.39, 0.29) is 11.9 Å². The summed E-state index contributed by atoms with van der Waals surface area (Å²) in [5.74, 6) is -0.957. The number of aliphatic hydroxyl groups is 1. The number of aliphatic hydroxyl groups excluding tert-OH is 1. The molecule has 0 saturated heterocycles. The fourth-order valence-corrected chi connectivity index (χ4v) is 2.09. The Balaban J connectivity index is 2.98. The molecule has 0 saturated carbocycles. The number of esters is 1. The number of aromatic nitrogens is 2. The quantitative estimate of drug-likeness (QED) is 0.786. The van der Waals surface area contributed by atoms with Crippen molar-refractivity contribution < 1.29 is 14.6 Å². The predicted octanol–water partition coefficient (Wildman–Crippen LogP) is 1.77. The standard InChI is InChI=1S/C13H22N2O3/c1-5-6-15-8-14-7-10(15)12(16)11(9(2)3)13(17)18-4/h7-9,11-12,16H,5-6H2,1-4H3. The average molecular weight is 254 g/mol. The minimum absolute atomic E-state index is 0.00238. The Morgan fingerprint density at radius 2 is 2.22 bits per heavy atom. The summed E-state index contributed by atoms with van der Waals surface area (Å²) in [5.41, 5.74) is 0.668. The van der Waals surface area contributed by atoms with Gasteiger partial charge in [0, 0.05) is 6.54 Å². The van der Waals surface area contributed by atoms with E-state index < -0.39 is 12.0 Å². The van der Waals surface area contributed by atoms with Gasteiger partial charge in [0.1, 0.15) is 6.10 Å². The van der Waals surface area contributed by atoms with Crippen LogP contribution in [0.4, 0.5) is 0 Å². The fourth-order valence-electron chi connectivity index (χ4n) is 2.09. The summed E-state index contributed by atoms with van der Waals surface area (Å²) in [7, 11) is 1.34. The lowest BCUT2D eigenvalue weighted by Gasteiger charge is -2.24. The van der Waals surface area contributed by atoms with Gasteiger partial charge in [-0.05, 0) is 12.3 Å². The number of hydrogen-bond acceptors (Lipinski definition) is 4. The molecule has 18 heavy (non-hydrogen) atoms. The molecule has 0 spiro atoms. The van der Waals surface area contributed by atoms with Crippen molar-refractivity contribution in [3.8, 4) is 0 Å². The first-order valence-electron chi connectivity index (χ1n) is 6.28. The largest absolute Gasteiger partial charge is 0.469 e. The van der Waals surface area contributed by atoms with Crippen molar-refractivity contribution in [2.75, 3.05) is 7.11 Å². The van der Waals surface area contributed by atoms with Gasteiger partial charge in [-0.1, -0.05) is 20.8 Å². The summed E-state index contributed by atoms with van der Waals surface area (Å²) in [6.45, 7) is 6.62. The molecule has 5 heteroatoms. The Bertz CT molecular complexity index is 387. The summed E-state index contributed by atoms with van der Waals surface area (Å²) in [6.07, 6.45) is 3.35. The number of rotatable bonds is 6. The van der Waals surface area contributed by atoms with E-state index in [1.54, 1.807) is 12.5 Å². The second-order valence-electron chi connectivity index (χ2n) is 4.75. The van der Waals surface area contributed by atoms with E-state index in [2.05, 4.69) is 11.9 Å². The van der Waals surface area contributed by atoms with Gasteiger partial charge in [-0.15, -0.1) is 0 Å². The third kappa shape index (κ3) is 3.10. The zero-order valence-electron chi connectivity index (χ0n) is 11.5. The maximum absolute atomic E-state index is 11.7. The van der Waals surface area contributed by atoms with Crippen LogP contribution in [0.2, 0.25) is 0 Å². The van der Waals surface area contributed by atoms with E-state index in [0.29, 0.717) is 5.69 Å². The zero-order valence-corrected chi connectivity index (χ0v) is 11.5. The molecule has 5 nitrogen and oxygen atoms in total. The van der Waals surface area contributed by atoms with E-state index in [0.717, 1.165) is 13.0 Å². The van der Waals surface area contributed by atoms with Crippen LogP contribution in [-0.4, -0.2) is 27.7 Å². The van der Waals surface area contributed by atoms with Crippen molar-refractivity contribution in [1.82, 2.24) is 9.55 Å². The highest BCUT2D eigenvalue weighted by molar-refractivity contribution is 5.73. The van der Waals surface area contributed by atoms with E-state index >= 15 is 0 Å². The van der Waals surface area contributed by atoms with Gasteiger partial charge in [0.2, 0.25) is 0 Å². The van der Waals surface area contributed by atoms with Gasteiger partial charge in [0.25, 0.3) is 0 Å². The highest BCUT2D eigenvalue weighted by atomic mass is 16.5. The van der Waals surface area contributed by atoms with Crippen molar-refractivity contribution in [3.05, 3.63) is 18.2 Å². The lowest BCUT2D eigenvalue weighted by molar-refractivity contribution is -0.152. The molecule has 2 atom stereocenters. The van der Waals surface area contributed by atoms with Crippen LogP contribution in [0.3, 0.4) is 0 Å². The molecular weight excluding hydrogens is 232 g/mol. The van der Waals surface area contributed by atoms with Crippen LogP contribution in [0.5, 0.6) is 0 Å². The summed E-state index contributed by atoms with van der Waals surface area (Å²) in [6, 6.07) is 0. The van der Waals surface area contributed by atoms with Gasteiger partial charge in [-0.3, -0.25) is 4.79 Å². The summed E-state index contributed by atoms with van der Waals surface area (Å²) >= 11 is 0. The van der Waals surface area contributed by atoms with Crippen LogP contribution >= 0.6 is 0 Å². The Kier molecular flexibility index (Phi) is 5.34. The van der Waals surface area contributed by atoms with Crippen LogP contribution in [0.1, 0.15) is 39.0 Å². The van der Waals surface area contributed by atoms with Crippen LogP contribution in [0, 0.1) is 11.8 Å². The van der Waals surface area contributed by atoms with Crippen LogP contribution < -0.4 is 0 Å². The van der Waals surface area contributed by atoms with Gasteiger partial charge < -0.3 is 14.4 Å². The minimum atomic E-state index is -0.883. The molecule has 0 amide bonds. The van der Waals surface area contributed by atoms with Crippen molar-refractivity contribution in [2.45, 2.75) is 39.8 Å². The molecule has 0 aromatic carbocycles. The average Bonchev–Trinajstić information content (AvgIpc) is 2.77. The monoisotopic (exact) mass is 254 g/mol. The van der Waals surface area contributed by atoms with Crippen molar-refractivity contribution in [1.29, 1.82) is 0 Å². The molecule has 0 aliphatic heterocycles. The van der Waals surface area contributed by atoms with Crippen molar-refractivity contribution >= 4 is 5.97 Å². The highest BCUT2D eigenvalue weighted by Gasteiger charge is 2.33. The predicted molar refractivity (Wildman–Crippen MR) is 67.8 cm³/mol. The van der Waals surface area contributed by atoms with E-state index in [9.17, 15) is 9.90 Å². The topological polar surface area (TPSA) is 64.3 Å². The van der Waals surface area contributed by atoms with Gasteiger partial charge in [-0.2, -0.15) is 0 Å². The molecule has 1 N–H and O–H groups in total. The number of nitrogens with zero attached hydrogens (tertiary/aromatic N) is 2. The SMILES string of the molecule is CCCn1cncc1C(O)C(C(=O)OC)C(C)C. The molecular formula is C13H22N2O3. The first-order chi connectivity index (χ1) is 8.52. The molecule has 2 unspecified atom stereocenters. The number of imidazole rings is 1. The van der Waals surface area contributed by atoms with Gasteiger partial charge in [0.05, 0.1) is 31.2 Å². The molecule has 0 aliphatic carbocycles. The fraction of sp³-hybridized carbons (Fsp3) is 0.692. The number of aryl methyl sites for hydroxylation is 1. The smallest absolute Gasteiger partial charge is 0.311 e. The molecule has 0 aliphatic rings. The van der Waals surface area contributed by atoms with E-state index in [1.165, 1.54) is 7.11 Å². The molecule has 1 aromatic heterocycles. The normalized spacial score (nSPS) is 14.6. The first kappa shape index (κ1) is 14.7. The zero-order chi connectivity index (χ0) is 13.7. The molecule has 1 aromatic rings. The third-order valence-corrected chi connectivity index (χ3v) is 3.04. The van der Waals surface area contributed by atoms with Gasteiger partial charge in [-0.25, -0.2) is 4.98 Å². The van der Waals surface area contributed by atoms with Gasteiger partial charge >= 0.3 is 5.97 Å². The van der Waals surface area contributed by atoms with E-state index in [4.69, 9.17) is 4.74 Å². The van der Waals surface area contributed by atoms with Crippen molar-refractivity contribution in [3.63, 3.8) is 0 Å². The van der Waals surface area contributed by atoms with Gasteiger partial charge in [0.15, 0.2) is 0 Å². The first-order valence-corrected chi connectivity index (χ1v) is 6.28. The lowest BCUT2D eigenvalue weighted by Crippen LogP contribution is -2.29. The maximum Gasteiger partial charge on any atom is 0.311 e. The Labute approximate surface area is 108 Å². The number of ether oxygens (including phenoxy) is 1. The minimum Gasteiger partial charge on any atom is -0.469 e. The summed E-state index contributed by atoms with van der Waals surface area (Å²) < 4.78 is 6.64. The number of carbonyl (C=O) groups excluding carboxylic acids is 1. The Morgan fingerprint density at radius 3 is 2.72 bits per heavy atom. The highest BCUT2D eigenvalue weighted by Crippen LogP contribution is 2.29. The van der Waals surface area contributed by atoms with Crippen molar-refractivity contribution in [2.24, 2.45) is 11.8 Å². The molecule has 0 radical (unpaired) electrons. The Hall–Kier alpha value is -1.36. The molecule has 102 valence electrons. The molecule has 0 fully saturated rings. The summed E-state index contributed by atoms with van der Waals surface area (Å²) in [4.78, 5) is 15.8. The maximum atomic E-state index is 11.7. The number of carbonyl (C=O) groups is 1. The lowest BCUT2D eigenvalue weighted by atomic mass is 9.88.